The maximum atomic E-state index is 13.2. The third-order valence-electron chi connectivity index (χ3n) is 3.94. The Morgan fingerprint density at radius 2 is 2.12 bits per heavy atom. The maximum Gasteiger partial charge on any atom is 0.245 e. The lowest BCUT2D eigenvalue weighted by molar-refractivity contribution is 0.271. The van der Waals surface area contributed by atoms with Crippen LogP contribution in [0.3, 0.4) is 0 Å². The molecule has 1 fully saturated rings. The van der Waals surface area contributed by atoms with Gasteiger partial charge in [0, 0.05) is 32.0 Å². The van der Waals surface area contributed by atoms with Crippen LogP contribution in [-0.2, 0) is 10.0 Å². The third-order valence-corrected chi connectivity index (χ3v) is 6.20. The number of halogens is 2. The first-order chi connectivity index (χ1) is 11.6. The van der Waals surface area contributed by atoms with Crippen LogP contribution in [0.5, 0.6) is 0 Å². The van der Waals surface area contributed by atoms with Gasteiger partial charge in [-0.1, -0.05) is 23.7 Å². The summed E-state index contributed by atoms with van der Waals surface area (Å²) in [5.41, 5.74) is 0.774. The summed E-state index contributed by atoms with van der Waals surface area (Å²) in [6.45, 7) is 1.32. The molecule has 1 aromatic heterocycles. The Kier molecular flexibility index (Phi) is 6.38. The predicted molar refractivity (Wildman–Crippen MR) is 97.2 cm³/mol. The highest BCUT2D eigenvalue weighted by atomic mass is 35.5. The van der Waals surface area contributed by atoms with Crippen molar-refractivity contribution in [2.24, 2.45) is 0 Å². The Bertz CT molecular complexity index is 885. The summed E-state index contributed by atoms with van der Waals surface area (Å²) < 4.78 is 27.8. The maximum absolute atomic E-state index is 13.2. The monoisotopic (exact) mass is 398 g/mol. The molecule has 1 unspecified atom stereocenters. The van der Waals surface area contributed by atoms with Crippen molar-refractivity contribution in [3.05, 3.63) is 58.9 Å². The molecule has 1 saturated heterocycles. The van der Waals surface area contributed by atoms with Gasteiger partial charge in [0.05, 0.1) is 16.6 Å². The summed E-state index contributed by atoms with van der Waals surface area (Å²) in [6.07, 6.45) is 3.30. The third kappa shape index (κ3) is 3.78. The molecular weight excluding hydrogens is 383 g/mol. The number of pyridine rings is 1. The molecular formula is C16H16Cl2N4O2S. The summed E-state index contributed by atoms with van der Waals surface area (Å²) in [4.78, 5) is 4.01. The fourth-order valence-corrected chi connectivity index (χ4v) is 4.84. The molecule has 0 bridgehead atoms. The highest BCUT2D eigenvalue weighted by molar-refractivity contribution is 7.89. The van der Waals surface area contributed by atoms with E-state index in [2.05, 4.69) is 10.3 Å². The molecule has 0 aliphatic carbocycles. The number of sulfonamides is 1. The fourth-order valence-electron chi connectivity index (χ4n) is 2.78. The summed E-state index contributed by atoms with van der Waals surface area (Å²) in [6, 6.07) is 9.60. The van der Waals surface area contributed by atoms with Crippen molar-refractivity contribution in [2.75, 3.05) is 19.6 Å². The quantitative estimate of drug-likeness (QED) is 0.857. The topological polar surface area (TPSA) is 86.1 Å². The van der Waals surface area contributed by atoms with Gasteiger partial charge in [-0.3, -0.25) is 4.98 Å². The molecule has 1 aromatic carbocycles. The van der Waals surface area contributed by atoms with Crippen molar-refractivity contribution in [3.8, 4) is 6.07 Å². The minimum Gasteiger partial charge on any atom is -0.313 e. The minimum atomic E-state index is -3.87. The Balaban J connectivity index is 0.00000225. The molecule has 1 aliphatic heterocycles. The number of nitrogens with one attached hydrogen (secondary N) is 1. The van der Waals surface area contributed by atoms with Crippen molar-refractivity contribution >= 4 is 34.0 Å². The van der Waals surface area contributed by atoms with E-state index in [-0.39, 0.29) is 33.9 Å². The van der Waals surface area contributed by atoms with E-state index in [9.17, 15) is 13.7 Å². The lowest BCUT2D eigenvalue weighted by Crippen LogP contribution is -2.48. The van der Waals surface area contributed by atoms with Crippen LogP contribution in [0.1, 0.15) is 17.2 Å². The van der Waals surface area contributed by atoms with Gasteiger partial charge in [0.2, 0.25) is 10.0 Å². The van der Waals surface area contributed by atoms with Gasteiger partial charge in [-0.25, -0.2) is 8.42 Å². The zero-order valence-electron chi connectivity index (χ0n) is 13.1. The largest absolute Gasteiger partial charge is 0.313 e. The number of nitrogens with zero attached hydrogens (tertiary/aromatic N) is 3. The van der Waals surface area contributed by atoms with E-state index in [4.69, 9.17) is 11.6 Å². The molecule has 25 heavy (non-hydrogen) atoms. The zero-order valence-corrected chi connectivity index (χ0v) is 15.5. The molecule has 1 N–H and O–H groups in total. The van der Waals surface area contributed by atoms with Gasteiger partial charge in [0.1, 0.15) is 11.0 Å². The number of hydrogen-bond donors (Lipinski definition) is 1. The lowest BCUT2D eigenvalue weighted by atomic mass is 10.1. The van der Waals surface area contributed by atoms with Crippen LogP contribution >= 0.6 is 24.0 Å². The van der Waals surface area contributed by atoms with E-state index in [1.807, 2.05) is 12.1 Å². The summed E-state index contributed by atoms with van der Waals surface area (Å²) in [5, 5.41) is 12.6. The number of aromatic nitrogens is 1. The minimum absolute atomic E-state index is 0. The van der Waals surface area contributed by atoms with Crippen molar-refractivity contribution in [3.63, 3.8) is 0 Å². The molecule has 1 atom stereocenters. The first-order valence-corrected chi connectivity index (χ1v) is 9.18. The van der Waals surface area contributed by atoms with Gasteiger partial charge >= 0.3 is 0 Å². The second-order valence-corrected chi connectivity index (χ2v) is 7.61. The molecule has 9 heteroatoms. The van der Waals surface area contributed by atoms with E-state index < -0.39 is 10.0 Å². The van der Waals surface area contributed by atoms with E-state index in [0.29, 0.717) is 19.6 Å². The smallest absolute Gasteiger partial charge is 0.245 e. The summed E-state index contributed by atoms with van der Waals surface area (Å²) >= 11 is 6.00. The van der Waals surface area contributed by atoms with Gasteiger partial charge in [0.15, 0.2) is 0 Å². The Morgan fingerprint density at radius 1 is 1.32 bits per heavy atom. The van der Waals surface area contributed by atoms with E-state index in [0.717, 1.165) is 5.56 Å². The molecule has 0 spiro atoms. The number of piperazine rings is 1. The normalized spacial score (nSPS) is 18.2. The zero-order chi connectivity index (χ0) is 17.2. The van der Waals surface area contributed by atoms with Gasteiger partial charge in [-0.05, 0) is 23.8 Å². The van der Waals surface area contributed by atoms with Gasteiger partial charge in [-0.15, -0.1) is 12.4 Å². The van der Waals surface area contributed by atoms with Crippen LogP contribution < -0.4 is 5.32 Å². The molecule has 132 valence electrons. The average molecular weight is 399 g/mol. The number of hydrogen-bond acceptors (Lipinski definition) is 5. The highest BCUT2D eigenvalue weighted by Crippen LogP contribution is 2.31. The van der Waals surface area contributed by atoms with Gasteiger partial charge < -0.3 is 5.32 Å². The number of rotatable bonds is 3. The first-order valence-electron chi connectivity index (χ1n) is 7.37. The molecule has 6 nitrogen and oxygen atoms in total. The first kappa shape index (κ1) is 19.6. The molecule has 0 saturated carbocycles. The molecule has 2 aromatic rings. The van der Waals surface area contributed by atoms with E-state index >= 15 is 0 Å². The number of nitriles is 1. The second-order valence-electron chi connectivity index (χ2n) is 5.35. The lowest BCUT2D eigenvalue weighted by Gasteiger charge is -2.35. The molecule has 0 radical (unpaired) electrons. The summed E-state index contributed by atoms with van der Waals surface area (Å²) in [5.74, 6) is 0. The second kappa shape index (κ2) is 8.13. The van der Waals surface area contributed by atoms with Crippen LogP contribution in [0.4, 0.5) is 0 Å². The Labute approximate surface area is 157 Å². The fraction of sp³-hybridized carbons (Fsp3) is 0.250. The Hall–Kier alpha value is -1.69. The molecule has 3 rings (SSSR count). The van der Waals surface area contributed by atoms with Crippen molar-refractivity contribution in [2.45, 2.75) is 10.9 Å². The van der Waals surface area contributed by atoms with Crippen LogP contribution in [0.25, 0.3) is 0 Å². The van der Waals surface area contributed by atoms with Crippen molar-refractivity contribution < 1.29 is 8.42 Å². The summed E-state index contributed by atoms with van der Waals surface area (Å²) in [7, 11) is -3.87. The molecule has 1 aliphatic rings. The predicted octanol–water partition coefficient (Wildman–Crippen LogP) is 2.36. The van der Waals surface area contributed by atoms with E-state index in [1.165, 1.54) is 22.5 Å². The Morgan fingerprint density at radius 3 is 2.80 bits per heavy atom. The van der Waals surface area contributed by atoms with Crippen LogP contribution in [0.15, 0.2) is 47.6 Å². The van der Waals surface area contributed by atoms with Crippen LogP contribution in [-0.4, -0.2) is 37.3 Å². The van der Waals surface area contributed by atoms with Crippen molar-refractivity contribution in [1.29, 1.82) is 5.26 Å². The van der Waals surface area contributed by atoms with Crippen molar-refractivity contribution in [1.82, 2.24) is 14.6 Å². The van der Waals surface area contributed by atoms with Gasteiger partial charge in [-0.2, -0.15) is 9.57 Å². The van der Waals surface area contributed by atoms with Gasteiger partial charge in [0.25, 0.3) is 0 Å². The van der Waals surface area contributed by atoms with Crippen LogP contribution in [0, 0.1) is 11.3 Å². The molecule has 0 amide bonds. The highest BCUT2D eigenvalue weighted by Gasteiger charge is 2.36. The standard InChI is InChI=1S/C16H15ClN4O2S.ClH/c17-14-4-1-5-16(13(14)9-18)24(22,23)21-8-7-20-11-15(21)12-3-2-6-19-10-12;/h1-6,10,15,20H,7-8,11H2;1H. The molecule has 2 heterocycles. The van der Waals surface area contributed by atoms with E-state index in [1.54, 1.807) is 18.5 Å². The average Bonchev–Trinajstić information content (AvgIpc) is 2.62. The SMILES string of the molecule is Cl.N#Cc1c(Cl)cccc1S(=O)(=O)N1CCNCC1c1cccnc1. The number of benzene rings is 1. The van der Waals surface area contributed by atoms with Crippen LogP contribution in [0.2, 0.25) is 5.02 Å².